The number of carbonyl (C=O) groups is 1. The average molecular weight is 485 g/mol. The summed E-state index contributed by atoms with van der Waals surface area (Å²) in [6, 6.07) is 15.6. The Morgan fingerprint density at radius 3 is 2.67 bits per heavy atom. The van der Waals surface area contributed by atoms with Crippen LogP contribution in [-0.4, -0.2) is 63.7 Å². The molecule has 3 heterocycles. The highest BCUT2D eigenvalue weighted by Crippen LogP contribution is 2.37. The maximum atomic E-state index is 12.9. The molecular formula is C29H36N6O. The molecule has 36 heavy (non-hydrogen) atoms. The quantitative estimate of drug-likeness (QED) is 0.470. The largest absolute Gasteiger partial charge is 0.346 e. The molecule has 1 N–H and O–H groups in total. The molecule has 0 spiro atoms. The molecule has 1 aliphatic carbocycles. The minimum Gasteiger partial charge on any atom is -0.346 e. The first kappa shape index (κ1) is 23.4. The van der Waals surface area contributed by atoms with Crippen LogP contribution in [0, 0.1) is 5.92 Å². The van der Waals surface area contributed by atoms with Gasteiger partial charge in [-0.15, -0.1) is 10.2 Å². The van der Waals surface area contributed by atoms with Crippen LogP contribution in [0.25, 0.3) is 11.1 Å². The third-order valence-corrected chi connectivity index (χ3v) is 8.25. The maximum Gasteiger partial charge on any atom is 0.223 e. The number of aromatic nitrogens is 3. The van der Waals surface area contributed by atoms with E-state index in [1.165, 1.54) is 27.8 Å². The van der Waals surface area contributed by atoms with Crippen molar-refractivity contribution in [1.82, 2.24) is 29.9 Å². The van der Waals surface area contributed by atoms with Crippen LogP contribution in [0.4, 0.5) is 0 Å². The number of rotatable bonds is 5. The third-order valence-electron chi connectivity index (χ3n) is 8.25. The molecule has 1 atom stereocenters. The zero-order chi connectivity index (χ0) is 24.6. The van der Waals surface area contributed by atoms with Gasteiger partial charge in [-0.2, -0.15) is 0 Å². The topological polar surface area (TPSA) is 66.3 Å². The fraction of sp³-hybridized carbons (Fsp3) is 0.483. The van der Waals surface area contributed by atoms with E-state index in [1.807, 2.05) is 6.92 Å². The first-order valence-electron chi connectivity index (χ1n) is 13.4. The van der Waals surface area contributed by atoms with Crippen LogP contribution in [0.2, 0.25) is 0 Å². The van der Waals surface area contributed by atoms with Gasteiger partial charge >= 0.3 is 0 Å². The van der Waals surface area contributed by atoms with E-state index in [0.29, 0.717) is 0 Å². The second-order valence-corrected chi connectivity index (χ2v) is 10.8. The molecule has 7 heteroatoms. The Labute approximate surface area is 213 Å². The van der Waals surface area contributed by atoms with Crippen molar-refractivity contribution in [2.75, 3.05) is 33.2 Å². The number of hydrogen-bond acceptors (Lipinski definition) is 5. The van der Waals surface area contributed by atoms with Gasteiger partial charge in [0.25, 0.3) is 0 Å². The van der Waals surface area contributed by atoms with Gasteiger partial charge in [0, 0.05) is 38.5 Å². The Morgan fingerprint density at radius 2 is 1.81 bits per heavy atom. The van der Waals surface area contributed by atoms with Gasteiger partial charge in [0.2, 0.25) is 5.91 Å². The predicted octanol–water partition coefficient (Wildman–Crippen LogP) is 3.43. The monoisotopic (exact) mass is 484 g/mol. The highest BCUT2D eigenvalue weighted by Gasteiger charge is 2.27. The van der Waals surface area contributed by atoms with Crippen molar-refractivity contribution < 1.29 is 4.79 Å². The summed E-state index contributed by atoms with van der Waals surface area (Å²) in [5.74, 6) is 2.16. The fourth-order valence-electron chi connectivity index (χ4n) is 6.09. The molecule has 7 nitrogen and oxygen atoms in total. The lowest BCUT2D eigenvalue weighted by Gasteiger charge is -2.29. The second-order valence-electron chi connectivity index (χ2n) is 10.8. The number of fused-ring (bicyclic) bond motifs is 4. The van der Waals surface area contributed by atoms with Gasteiger partial charge in [-0.05, 0) is 74.1 Å². The Bertz CT molecular complexity index is 1260. The van der Waals surface area contributed by atoms with Gasteiger partial charge in [-0.25, -0.2) is 0 Å². The van der Waals surface area contributed by atoms with Crippen molar-refractivity contribution in [2.45, 2.75) is 51.7 Å². The summed E-state index contributed by atoms with van der Waals surface area (Å²) >= 11 is 0. The van der Waals surface area contributed by atoms with Crippen molar-refractivity contribution in [2.24, 2.45) is 5.92 Å². The molecule has 188 valence electrons. The molecule has 3 aliphatic rings. The molecule has 2 aliphatic heterocycles. The zero-order valence-corrected chi connectivity index (χ0v) is 21.4. The van der Waals surface area contributed by atoms with E-state index in [1.54, 1.807) is 0 Å². The Morgan fingerprint density at radius 1 is 1.00 bits per heavy atom. The standard InChI is InChI=1S/C29H36N6O/c1-20(30-29(36)22-9-12-33(2)13-10-22)28-32-31-27-11-14-34(15-16-35(27)28)19-21-7-8-26-24(17-21)18-23-5-3-4-6-25(23)26/h3-8,17,20,22H,9-16,18-19H2,1-2H3,(H,30,36)/t20-/m1/s1. The lowest BCUT2D eigenvalue weighted by molar-refractivity contribution is -0.127. The second kappa shape index (κ2) is 9.79. The van der Waals surface area contributed by atoms with Crippen molar-refractivity contribution in [1.29, 1.82) is 0 Å². The summed E-state index contributed by atoms with van der Waals surface area (Å²) < 4.78 is 2.24. The minimum absolute atomic E-state index is 0.103. The van der Waals surface area contributed by atoms with Gasteiger partial charge in [0.05, 0.1) is 6.04 Å². The first-order valence-corrected chi connectivity index (χ1v) is 13.4. The van der Waals surface area contributed by atoms with Crippen molar-refractivity contribution in [3.8, 4) is 11.1 Å². The van der Waals surface area contributed by atoms with Crippen LogP contribution in [0.5, 0.6) is 0 Å². The number of nitrogens with zero attached hydrogens (tertiary/aromatic N) is 5. The number of amides is 1. The summed E-state index contributed by atoms with van der Waals surface area (Å²) in [6.45, 7) is 7.72. The van der Waals surface area contributed by atoms with Crippen LogP contribution in [-0.2, 0) is 30.7 Å². The van der Waals surface area contributed by atoms with E-state index >= 15 is 0 Å². The third kappa shape index (κ3) is 4.58. The molecule has 0 saturated carbocycles. The van der Waals surface area contributed by atoms with E-state index < -0.39 is 0 Å². The molecule has 2 aromatic carbocycles. The van der Waals surface area contributed by atoms with Crippen molar-refractivity contribution in [3.05, 3.63) is 70.8 Å². The van der Waals surface area contributed by atoms with Crippen LogP contribution in [0.3, 0.4) is 0 Å². The number of likely N-dealkylation sites (tertiary alicyclic amines) is 1. The molecule has 1 aromatic heterocycles. The highest BCUT2D eigenvalue weighted by molar-refractivity contribution is 5.79. The molecular weight excluding hydrogens is 448 g/mol. The molecule has 0 bridgehead atoms. The number of nitrogens with one attached hydrogen (secondary N) is 1. The van der Waals surface area contributed by atoms with Crippen LogP contribution in [0.15, 0.2) is 42.5 Å². The number of benzene rings is 2. The molecule has 6 rings (SSSR count). The number of hydrogen-bond donors (Lipinski definition) is 1. The Balaban J connectivity index is 1.08. The summed E-state index contributed by atoms with van der Waals surface area (Å²) in [6.07, 6.45) is 3.76. The van der Waals surface area contributed by atoms with Crippen LogP contribution >= 0.6 is 0 Å². The smallest absolute Gasteiger partial charge is 0.223 e. The maximum absolute atomic E-state index is 12.9. The first-order chi connectivity index (χ1) is 17.5. The molecule has 1 saturated heterocycles. The highest BCUT2D eigenvalue weighted by atomic mass is 16.2. The fourth-order valence-corrected chi connectivity index (χ4v) is 6.09. The summed E-state index contributed by atoms with van der Waals surface area (Å²) in [5, 5.41) is 12.2. The van der Waals surface area contributed by atoms with Gasteiger partial charge in [-0.3, -0.25) is 9.69 Å². The SMILES string of the molecule is C[C@@H](NC(=O)C1CCN(C)CC1)c1nnc2n1CCN(Cc1ccc3c(c1)Cc1ccccc1-3)CC2. The molecule has 3 aromatic rings. The Kier molecular flexibility index (Phi) is 6.36. The van der Waals surface area contributed by atoms with Crippen molar-refractivity contribution >= 4 is 5.91 Å². The lowest BCUT2D eigenvalue weighted by atomic mass is 9.96. The van der Waals surface area contributed by atoms with Gasteiger partial charge < -0.3 is 14.8 Å². The number of carbonyl (C=O) groups excluding carboxylic acids is 1. The van der Waals surface area contributed by atoms with E-state index in [4.69, 9.17) is 0 Å². The average Bonchev–Trinajstić information content (AvgIpc) is 3.40. The summed E-state index contributed by atoms with van der Waals surface area (Å²) in [4.78, 5) is 17.7. The van der Waals surface area contributed by atoms with E-state index in [0.717, 1.165) is 76.6 Å². The Hall–Kier alpha value is -3.03. The van der Waals surface area contributed by atoms with E-state index in [-0.39, 0.29) is 17.9 Å². The number of piperidine rings is 1. The summed E-state index contributed by atoms with van der Waals surface area (Å²) in [5.41, 5.74) is 7.02. The zero-order valence-electron chi connectivity index (χ0n) is 21.4. The molecule has 0 unspecified atom stereocenters. The molecule has 1 amide bonds. The lowest BCUT2D eigenvalue weighted by Crippen LogP contribution is -2.40. The predicted molar refractivity (Wildman–Crippen MR) is 140 cm³/mol. The summed E-state index contributed by atoms with van der Waals surface area (Å²) in [7, 11) is 2.12. The van der Waals surface area contributed by atoms with E-state index in [2.05, 4.69) is 79.4 Å². The molecule has 0 radical (unpaired) electrons. The van der Waals surface area contributed by atoms with E-state index in [9.17, 15) is 4.79 Å². The van der Waals surface area contributed by atoms with Gasteiger partial charge in [0.15, 0.2) is 5.82 Å². The van der Waals surface area contributed by atoms with Gasteiger partial charge in [0.1, 0.15) is 5.82 Å². The van der Waals surface area contributed by atoms with Gasteiger partial charge in [-0.1, -0.05) is 42.5 Å². The van der Waals surface area contributed by atoms with Crippen LogP contribution in [0.1, 0.15) is 54.1 Å². The molecule has 1 fully saturated rings. The van der Waals surface area contributed by atoms with Crippen LogP contribution < -0.4 is 5.32 Å². The van der Waals surface area contributed by atoms with Crippen molar-refractivity contribution in [3.63, 3.8) is 0 Å². The minimum atomic E-state index is -0.136. The normalized spacial score (nSPS) is 19.3.